The Bertz CT molecular complexity index is 1720. The molecule has 0 radical (unpaired) electrons. The summed E-state index contributed by atoms with van der Waals surface area (Å²) in [4.78, 5) is 31.5. The van der Waals surface area contributed by atoms with Crippen molar-refractivity contribution in [2.24, 2.45) is 0 Å². The van der Waals surface area contributed by atoms with E-state index in [1.165, 1.54) is 19.2 Å². The van der Waals surface area contributed by atoms with E-state index in [9.17, 15) is 18.0 Å². The number of sulfonamides is 1. The van der Waals surface area contributed by atoms with Crippen LogP contribution in [0.5, 0.6) is 5.75 Å². The van der Waals surface area contributed by atoms with Crippen molar-refractivity contribution in [2.45, 2.75) is 81.8 Å². The molecule has 1 N–H and O–H groups in total. The summed E-state index contributed by atoms with van der Waals surface area (Å²) in [5.41, 5.74) is 2.64. The van der Waals surface area contributed by atoms with E-state index in [0.29, 0.717) is 36.6 Å². The molecule has 2 heterocycles. The Hall–Kier alpha value is -3.65. The molecule has 0 spiro atoms. The number of hydrogen-bond acceptors (Lipinski definition) is 9. The molecule has 2 amide bonds. The van der Waals surface area contributed by atoms with E-state index in [0.717, 1.165) is 16.7 Å². The number of pyridine rings is 1. The van der Waals surface area contributed by atoms with E-state index >= 15 is 0 Å². The highest BCUT2D eigenvalue weighted by atomic mass is 32.2. The zero-order chi connectivity index (χ0) is 36.7. The van der Waals surface area contributed by atoms with Crippen LogP contribution in [-0.2, 0) is 46.3 Å². The molecule has 0 saturated heterocycles. The number of ether oxygens (including phenoxy) is 4. The largest absolute Gasteiger partial charge is 0.488 e. The van der Waals surface area contributed by atoms with Crippen LogP contribution in [0.25, 0.3) is 11.1 Å². The summed E-state index contributed by atoms with van der Waals surface area (Å²) in [7, 11) is -2.78. The summed E-state index contributed by atoms with van der Waals surface area (Å²) in [6, 6.07) is 15.9. The number of methoxy groups -OCH3 is 1. The summed E-state index contributed by atoms with van der Waals surface area (Å²) in [6.45, 7) is 12.3. The van der Waals surface area contributed by atoms with E-state index in [2.05, 4.69) is 32.0 Å². The molecule has 2 aromatic carbocycles. The maximum absolute atomic E-state index is 13.6. The van der Waals surface area contributed by atoms with E-state index in [1.807, 2.05) is 61.9 Å². The smallest absolute Gasteiger partial charge is 0.410 e. The van der Waals surface area contributed by atoms with Crippen LogP contribution in [0.15, 0.2) is 71.9 Å². The van der Waals surface area contributed by atoms with Gasteiger partial charge in [0, 0.05) is 36.0 Å². The van der Waals surface area contributed by atoms with Crippen LogP contribution in [0.2, 0.25) is 0 Å². The monoisotopic (exact) mass is 728 g/mol. The minimum atomic E-state index is -4.07. The summed E-state index contributed by atoms with van der Waals surface area (Å²) in [5, 5.41) is 0. The van der Waals surface area contributed by atoms with Gasteiger partial charge in [-0.1, -0.05) is 24.3 Å². The van der Waals surface area contributed by atoms with Crippen LogP contribution in [0, 0.1) is 0 Å². The third kappa shape index (κ3) is 11.2. The number of carbonyl (C=O) groups excluding carboxylic acids is 2. The fraction of sp³-hybridized carbons (Fsp3) is 0.486. The molecule has 3 atom stereocenters. The highest BCUT2D eigenvalue weighted by Crippen LogP contribution is 2.34. The maximum atomic E-state index is 13.6. The molecule has 3 aromatic rings. The molecule has 0 bridgehead atoms. The number of carbonyl (C=O) groups is 2. The van der Waals surface area contributed by atoms with Crippen molar-refractivity contribution in [1.29, 1.82) is 0 Å². The molecular weight excluding hydrogens is 679 g/mol. The lowest BCUT2D eigenvalue weighted by molar-refractivity contribution is -0.122. The first-order chi connectivity index (χ1) is 23.4. The minimum Gasteiger partial charge on any atom is -0.488 e. The standard InChI is InChI=1S/C37H49N3O8S2/c1-36(2,3)48-35(42)40(23-33(29-12-10-18-38-21-29)46-25-49(8)37(4,5)6)22-30-16-14-28-19-27(15-17-32(28)47-30)26-11-9-13-31(20-26)50(43,44)39-34(41)24-45-7/h9-13,15,17-21,30,33H,14,16,22-25H2,1-8H3/p+1/t30?,33-,49?/m0/s1. The fourth-order valence-electron chi connectivity index (χ4n) is 5.14. The molecule has 1 aromatic heterocycles. The van der Waals surface area contributed by atoms with E-state index in [-0.39, 0.29) is 39.8 Å². The van der Waals surface area contributed by atoms with Crippen LogP contribution in [-0.4, -0.2) is 85.8 Å². The molecule has 0 aliphatic carbocycles. The number of rotatable bonds is 13. The summed E-state index contributed by atoms with van der Waals surface area (Å²) in [6.07, 6.45) is 5.86. The van der Waals surface area contributed by atoms with Gasteiger partial charge in [-0.25, -0.2) is 17.9 Å². The molecule has 1 aliphatic heterocycles. The Kier molecular flexibility index (Phi) is 13.0. The number of fused-ring (bicyclic) bond motifs is 1. The van der Waals surface area contributed by atoms with Crippen molar-refractivity contribution < 1.29 is 37.0 Å². The first-order valence-corrected chi connectivity index (χ1v) is 19.8. The number of benzene rings is 2. The van der Waals surface area contributed by atoms with Crippen molar-refractivity contribution in [1.82, 2.24) is 14.6 Å². The van der Waals surface area contributed by atoms with Gasteiger partial charge in [0.2, 0.25) is 5.94 Å². The molecule has 0 fully saturated rings. The second-order valence-corrected chi connectivity index (χ2v) is 18.7. The zero-order valence-electron chi connectivity index (χ0n) is 30.2. The van der Waals surface area contributed by atoms with Crippen LogP contribution in [0.1, 0.15) is 65.2 Å². The van der Waals surface area contributed by atoms with Gasteiger partial charge in [-0.15, -0.1) is 0 Å². The molecule has 2 unspecified atom stereocenters. The number of nitrogens with zero attached hydrogens (tertiary/aromatic N) is 2. The lowest BCUT2D eigenvalue weighted by Gasteiger charge is -2.34. The van der Waals surface area contributed by atoms with Gasteiger partial charge >= 0.3 is 6.09 Å². The van der Waals surface area contributed by atoms with E-state index < -0.39 is 33.7 Å². The Morgan fingerprint density at radius 1 is 1.06 bits per heavy atom. The van der Waals surface area contributed by atoms with Gasteiger partial charge in [0.15, 0.2) is 0 Å². The number of amides is 2. The normalized spacial score (nSPS) is 16.0. The van der Waals surface area contributed by atoms with Gasteiger partial charge in [-0.05, 0) is 101 Å². The maximum Gasteiger partial charge on any atom is 0.410 e. The number of hydrogen-bond donors (Lipinski definition) is 1. The SMILES string of the molecule is COCC(=O)NS(=O)(=O)c1cccc(-c2ccc3c(c2)CCC(CN(C[C@H](OC[S+](C)C(C)(C)C)c2cccnc2)C(=O)OC(C)(C)C)O3)c1. The number of aromatic nitrogens is 1. The Balaban J connectivity index is 1.53. The molecular formula is C37H50N3O8S2+. The third-order valence-electron chi connectivity index (χ3n) is 8.10. The van der Waals surface area contributed by atoms with Gasteiger partial charge in [0.05, 0.1) is 18.0 Å². The van der Waals surface area contributed by atoms with Crippen molar-refractivity contribution in [2.75, 3.05) is 39.0 Å². The van der Waals surface area contributed by atoms with E-state index in [1.54, 1.807) is 23.4 Å². The average Bonchev–Trinajstić information content (AvgIpc) is 3.04. The van der Waals surface area contributed by atoms with Gasteiger partial charge in [-0.3, -0.25) is 9.78 Å². The number of nitrogens with one attached hydrogen (secondary N) is 1. The fourth-order valence-corrected chi connectivity index (χ4v) is 6.88. The number of aryl methyl sites for hydroxylation is 1. The van der Waals surface area contributed by atoms with Crippen molar-refractivity contribution >= 4 is 32.9 Å². The minimum absolute atomic E-state index is 0.0300. The van der Waals surface area contributed by atoms with Crippen LogP contribution < -0.4 is 9.46 Å². The second-order valence-electron chi connectivity index (χ2n) is 14.3. The average molecular weight is 729 g/mol. The molecule has 4 rings (SSSR count). The Labute approximate surface area is 299 Å². The molecule has 0 saturated carbocycles. The van der Waals surface area contributed by atoms with Crippen molar-refractivity contribution in [3.63, 3.8) is 0 Å². The van der Waals surface area contributed by atoms with Gasteiger partial charge in [0.1, 0.15) is 41.2 Å². The lowest BCUT2D eigenvalue weighted by Crippen LogP contribution is -2.45. The van der Waals surface area contributed by atoms with Crippen molar-refractivity contribution in [3.05, 3.63) is 78.1 Å². The molecule has 50 heavy (non-hydrogen) atoms. The Morgan fingerprint density at radius 3 is 2.46 bits per heavy atom. The molecule has 13 heteroatoms. The first kappa shape index (κ1) is 39.1. The Morgan fingerprint density at radius 2 is 1.80 bits per heavy atom. The van der Waals surface area contributed by atoms with Crippen LogP contribution >= 0.6 is 0 Å². The molecule has 1 aliphatic rings. The quantitative estimate of drug-likeness (QED) is 0.214. The summed E-state index contributed by atoms with van der Waals surface area (Å²) in [5.74, 6) is 0.488. The third-order valence-corrected chi connectivity index (χ3v) is 12.1. The molecule has 11 nitrogen and oxygen atoms in total. The van der Waals surface area contributed by atoms with Crippen LogP contribution in [0.4, 0.5) is 4.79 Å². The predicted molar refractivity (Wildman–Crippen MR) is 196 cm³/mol. The highest BCUT2D eigenvalue weighted by molar-refractivity contribution is 7.97. The highest BCUT2D eigenvalue weighted by Gasteiger charge is 2.34. The van der Waals surface area contributed by atoms with E-state index in [4.69, 9.17) is 18.9 Å². The van der Waals surface area contributed by atoms with Gasteiger partial charge in [-0.2, -0.15) is 0 Å². The van der Waals surface area contributed by atoms with Crippen molar-refractivity contribution in [3.8, 4) is 16.9 Å². The lowest BCUT2D eigenvalue weighted by atomic mass is 9.97. The first-order valence-electron chi connectivity index (χ1n) is 16.5. The molecule has 272 valence electrons. The van der Waals surface area contributed by atoms with Gasteiger partial charge in [0.25, 0.3) is 15.9 Å². The zero-order valence-corrected chi connectivity index (χ0v) is 31.9. The summed E-state index contributed by atoms with van der Waals surface area (Å²) < 4.78 is 51.2. The second kappa shape index (κ2) is 16.6. The van der Waals surface area contributed by atoms with Gasteiger partial charge < -0.3 is 23.8 Å². The van der Waals surface area contributed by atoms with Crippen LogP contribution in [0.3, 0.4) is 0 Å². The topological polar surface area (TPSA) is 133 Å². The predicted octanol–water partition coefficient (Wildman–Crippen LogP) is 5.89. The summed E-state index contributed by atoms with van der Waals surface area (Å²) >= 11 is 0.